The fourth-order valence-electron chi connectivity index (χ4n) is 3.60. The quantitative estimate of drug-likeness (QED) is 0.265. The third-order valence-corrected chi connectivity index (χ3v) is 6.34. The van der Waals surface area contributed by atoms with Gasteiger partial charge in [0.1, 0.15) is 30.4 Å². The average Bonchev–Trinajstić information content (AvgIpc) is 3.34. The Balaban J connectivity index is 1.99. The summed E-state index contributed by atoms with van der Waals surface area (Å²) in [5.41, 5.74) is 2.45. The molecule has 8 nitrogen and oxygen atoms in total. The Morgan fingerprint density at radius 3 is 2.69 bits per heavy atom. The lowest BCUT2D eigenvalue weighted by Crippen LogP contribution is -2.36. The molecule has 0 bridgehead atoms. The zero-order valence-corrected chi connectivity index (χ0v) is 19.3. The molecule has 0 amide bonds. The van der Waals surface area contributed by atoms with E-state index in [4.69, 9.17) is 14.6 Å². The monoisotopic (exact) mass is 452 g/mol. The van der Waals surface area contributed by atoms with E-state index in [0.717, 1.165) is 26.4 Å². The van der Waals surface area contributed by atoms with Gasteiger partial charge in [0.05, 0.1) is 43.7 Å². The fourth-order valence-corrected chi connectivity index (χ4v) is 4.57. The zero-order chi connectivity index (χ0) is 22.7. The lowest BCUT2D eigenvalue weighted by atomic mass is 10.1. The first kappa shape index (κ1) is 21.8. The summed E-state index contributed by atoms with van der Waals surface area (Å²) >= 11 is 1.57. The van der Waals surface area contributed by atoms with Crippen molar-refractivity contribution in [1.29, 1.82) is 0 Å². The van der Waals surface area contributed by atoms with Gasteiger partial charge in [-0.1, -0.05) is 23.5 Å². The summed E-state index contributed by atoms with van der Waals surface area (Å²) in [6.07, 6.45) is 3.83. The van der Waals surface area contributed by atoms with Crippen molar-refractivity contribution in [2.75, 3.05) is 20.8 Å². The molecule has 0 saturated carbocycles. The number of ether oxygens (including phenoxy) is 2. The number of fused-ring (bicyclic) bond motifs is 1. The van der Waals surface area contributed by atoms with Crippen molar-refractivity contribution in [2.45, 2.75) is 6.54 Å². The molecule has 4 rings (SSSR count). The van der Waals surface area contributed by atoms with E-state index in [1.807, 2.05) is 70.5 Å². The standard InChI is InChI=1S/C23H26N5O3S/c1-26-11-12-28(13-14-29)22(26)21(17-15-16(30-3)9-10-19(17)31-4)24-25-23-27(2)18-7-5-6-8-20(18)32-23/h5-12,15,29H,13-14H2,1-4H3/q+1. The van der Waals surface area contributed by atoms with Crippen molar-refractivity contribution in [3.63, 3.8) is 0 Å². The first-order chi connectivity index (χ1) is 15.6. The molecule has 32 heavy (non-hydrogen) atoms. The maximum absolute atomic E-state index is 9.57. The molecule has 9 heteroatoms. The molecule has 0 saturated heterocycles. The van der Waals surface area contributed by atoms with E-state index in [0.29, 0.717) is 23.8 Å². The van der Waals surface area contributed by atoms with Gasteiger partial charge in [0.25, 0.3) is 0 Å². The number of rotatable bonds is 7. The fraction of sp³-hybridized carbons (Fsp3) is 0.261. The number of aliphatic hydroxyl groups excluding tert-OH is 1. The van der Waals surface area contributed by atoms with Crippen LogP contribution in [-0.2, 0) is 20.6 Å². The second-order valence-electron chi connectivity index (χ2n) is 7.18. The third kappa shape index (κ3) is 4.04. The Morgan fingerprint density at radius 1 is 1.16 bits per heavy atom. The van der Waals surface area contributed by atoms with Crippen molar-refractivity contribution < 1.29 is 19.1 Å². The van der Waals surface area contributed by atoms with Gasteiger partial charge >= 0.3 is 5.82 Å². The van der Waals surface area contributed by atoms with Crippen LogP contribution in [0.3, 0.4) is 0 Å². The highest BCUT2D eigenvalue weighted by molar-refractivity contribution is 7.16. The predicted molar refractivity (Wildman–Crippen MR) is 124 cm³/mol. The van der Waals surface area contributed by atoms with Crippen molar-refractivity contribution in [1.82, 2.24) is 9.13 Å². The second-order valence-corrected chi connectivity index (χ2v) is 8.18. The summed E-state index contributed by atoms with van der Waals surface area (Å²) in [5.74, 6) is 2.12. The molecule has 166 valence electrons. The number of para-hydroxylation sites is 1. The van der Waals surface area contributed by atoms with Crippen LogP contribution >= 0.6 is 11.3 Å². The first-order valence-corrected chi connectivity index (χ1v) is 10.9. The molecule has 0 aliphatic rings. The van der Waals surface area contributed by atoms with Crippen LogP contribution in [0.2, 0.25) is 0 Å². The van der Waals surface area contributed by atoms with Gasteiger partial charge < -0.3 is 19.1 Å². The molecule has 0 aliphatic heterocycles. The highest BCUT2D eigenvalue weighted by Gasteiger charge is 2.26. The molecule has 2 aromatic carbocycles. The summed E-state index contributed by atoms with van der Waals surface area (Å²) in [7, 11) is 7.16. The summed E-state index contributed by atoms with van der Waals surface area (Å²) < 4.78 is 18.2. The van der Waals surface area contributed by atoms with Crippen LogP contribution in [-0.4, -0.2) is 40.8 Å². The lowest BCUT2D eigenvalue weighted by Gasteiger charge is -2.11. The Kier molecular flexibility index (Phi) is 6.38. The van der Waals surface area contributed by atoms with Crippen LogP contribution in [0, 0.1) is 0 Å². The molecule has 1 N–H and O–H groups in total. The summed E-state index contributed by atoms with van der Waals surface area (Å²) in [4.78, 5) is 0.772. The molecule has 0 spiro atoms. The lowest BCUT2D eigenvalue weighted by molar-refractivity contribution is -0.672. The molecule has 2 aromatic heterocycles. The van der Waals surface area contributed by atoms with Crippen molar-refractivity contribution in [3.05, 3.63) is 71.0 Å². The minimum Gasteiger partial charge on any atom is -0.497 e. The number of aromatic nitrogens is 3. The molecule has 0 unspecified atom stereocenters. The molecule has 2 heterocycles. The van der Waals surface area contributed by atoms with Crippen molar-refractivity contribution >= 4 is 27.3 Å². The SMILES string of the molecule is COc1ccc(OC)c(/C(=N/N=c2/sc3ccccc3n2C)c2n(CCO)cc[n+]2C)c1. The van der Waals surface area contributed by atoms with Crippen LogP contribution in [0.15, 0.2) is 65.1 Å². The third-order valence-electron chi connectivity index (χ3n) is 5.24. The molecule has 4 aromatic rings. The van der Waals surface area contributed by atoms with E-state index >= 15 is 0 Å². The summed E-state index contributed by atoms with van der Waals surface area (Å²) in [6.45, 7) is 0.435. The summed E-state index contributed by atoms with van der Waals surface area (Å²) in [6, 6.07) is 13.7. The number of benzene rings is 2. The molecule has 0 aliphatic carbocycles. The second kappa shape index (κ2) is 9.37. The van der Waals surface area contributed by atoms with Gasteiger partial charge in [-0.15, -0.1) is 10.2 Å². The minimum absolute atomic E-state index is 0.00657. The van der Waals surface area contributed by atoms with Crippen LogP contribution in [0.4, 0.5) is 0 Å². The van der Waals surface area contributed by atoms with Gasteiger partial charge in [-0.2, -0.15) is 0 Å². The normalized spacial score (nSPS) is 12.5. The molecule has 0 fully saturated rings. The van der Waals surface area contributed by atoms with Crippen LogP contribution < -0.4 is 18.8 Å². The van der Waals surface area contributed by atoms with E-state index in [-0.39, 0.29) is 6.61 Å². The van der Waals surface area contributed by atoms with Gasteiger partial charge in [-0.25, -0.2) is 9.13 Å². The molecule has 0 atom stereocenters. The first-order valence-electron chi connectivity index (χ1n) is 10.1. The van der Waals surface area contributed by atoms with Gasteiger partial charge in [-0.3, -0.25) is 0 Å². The van der Waals surface area contributed by atoms with Gasteiger partial charge in [-0.05, 0) is 30.3 Å². The minimum atomic E-state index is 0.00657. The smallest absolute Gasteiger partial charge is 0.310 e. The number of nitrogens with zero attached hydrogens (tertiary/aromatic N) is 5. The molecular formula is C23H26N5O3S+. The number of aryl methyl sites for hydroxylation is 2. The van der Waals surface area contributed by atoms with Gasteiger partial charge in [0.15, 0.2) is 5.71 Å². The largest absolute Gasteiger partial charge is 0.497 e. The highest BCUT2D eigenvalue weighted by Crippen LogP contribution is 2.26. The number of aliphatic hydroxyl groups is 1. The number of hydrogen-bond donors (Lipinski definition) is 1. The van der Waals surface area contributed by atoms with Gasteiger partial charge in [0, 0.05) is 7.05 Å². The maximum atomic E-state index is 9.57. The Morgan fingerprint density at radius 2 is 1.97 bits per heavy atom. The Bertz CT molecular complexity index is 1350. The number of methoxy groups -OCH3 is 2. The van der Waals surface area contributed by atoms with Crippen LogP contribution in [0.5, 0.6) is 11.5 Å². The van der Waals surface area contributed by atoms with Crippen molar-refractivity contribution in [2.24, 2.45) is 24.3 Å². The van der Waals surface area contributed by atoms with Crippen LogP contribution in [0.25, 0.3) is 10.2 Å². The van der Waals surface area contributed by atoms with E-state index < -0.39 is 0 Å². The molecule has 0 radical (unpaired) electrons. The Labute approximate surface area is 189 Å². The van der Waals surface area contributed by atoms with E-state index in [1.54, 1.807) is 25.6 Å². The van der Waals surface area contributed by atoms with E-state index in [2.05, 4.69) is 17.2 Å². The number of thiazole rings is 1. The highest BCUT2D eigenvalue weighted by atomic mass is 32.1. The van der Waals surface area contributed by atoms with Gasteiger partial charge in [0.2, 0.25) is 4.80 Å². The van der Waals surface area contributed by atoms with E-state index in [1.165, 1.54) is 0 Å². The number of imidazole rings is 1. The maximum Gasteiger partial charge on any atom is 0.310 e. The zero-order valence-electron chi connectivity index (χ0n) is 18.5. The molecular weight excluding hydrogens is 426 g/mol. The van der Waals surface area contributed by atoms with Crippen LogP contribution in [0.1, 0.15) is 11.4 Å². The Hall–Kier alpha value is -3.43. The number of hydrogen-bond acceptors (Lipinski definition) is 6. The topological polar surface area (TPSA) is 77.1 Å². The average molecular weight is 453 g/mol. The predicted octanol–water partition coefficient (Wildman–Crippen LogP) is 2.23. The summed E-state index contributed by atoms with van der Waals surface area (Å²) in [5, 5.41) is 18.9. The van der Waals surface area contributed by atoms with E-state index in [9.17, 15) is 5.11 Å². The van der Waals surface area contributed by atoms with Crippen molar-refractivity contribution in [3.8, 4) is 11.5 Å².